The molecular formula is C24H26N6O4. The van der Waals surface area contributed by atoms with Crippen LogP contribution in [-0.4, -0.2) is 57.0 Å². The second kappa shape index (κ2) is 9.36. The molecule has 3 N–H and O–H groups in total. The van der Waals surface area contributed by atoms with E-state index in [0.29, 0.717) is 45.6 Å². The van der Waals surface area contributed by atoms with Gasteiger partial charge in [-0.25, -0.2) is 4.52 Å². The molecule has 34 heavy (non-hydrogen) atoms. The van der Waals surface area contributed by atoms with Gasteiger partial charge in [0.1, 0.15) is 17.2 Å². The zero-order valence-corrected chi connectivity index (χ0v) is 19.4. The van der Waals surface area contributed by atoms with Crippen LogP contribution in [0, 0.1) is 0 Å². The van der Waals surface area contributed by atoms with Gasteiger partial charge >= 0.3 is 0 Å². The number of methoxy groups -OCH3 is 2. The van der Waals surface area contributed by atoms with Gasteiger partial charge < -0.3 is 25.2 Å². The third-order valence-corrected chi connectivity index (χ3v) is 5.11. The lowest BCUT2D eigenvalue weighted by Crippen LogP contribution is -2.46. The van der Waals surface area contributed by atoms with Crippen molar-refractivity contribution in [2.75, 3.05) is 26.1 Å². The van der Waals surface area contributed by atoms with Crippen LogP contribution in [0.5, 0.6) is 11.5 Å². The van der Waals surface area contributed by atoms with E-state index in [2.05, 4.69) is 25.7 Å². The first-order valence-corrected chi connectivity index (χ1v) is 10.6. The summed E-state index contributed by atoms with van der Waals surface area (Å²) in [6, 6.07) is 12.5. The molecule has 10 heteroatoms. The lowest BCUT2D eigenvalue weighted by atomic mass is 10.0. The first-order chi connectivity index (χ1) is 16.3. The van der Waals surface area contributed by atoms with Crippen molar-refractivity contribution in [1.29, 1.82) is 0 Å². The molecule has 0 unspecified atom stereocenters. The quantitative estimate of drug-likeness (QED) is 0.365. The Kier molecular flexibility index (Phi) is 6.33. The van der Waals surface area contributed by atoms with E-state index in [1.165, 1.54) is 0 Å². The second-order valence-corrected chi connectivity index (χ2v) is 8.28. The van der Waals surface area contributed by atoms with Gasteiger partial charge in [0, 0.05) is 47.4 Å². The van der Waals surface area contributed by atoms with E-state index in [0.717, 1.165) is 0 Å². The first kappa shape index (κ1) is 23.0. The lowest BCUT2D eigenvalue weighted by Gasteiger charge is -2.23. The largest absolute Gasteiger partial charge is 0.497 e. The molecular weight excluding hydrogens is 436 g/mol. The summed E-state index contributed by atoms with van der Waals surface area (Å²) in [6.45, 7) is 3.33. The molecule has 4 aromatic rings. The van der Waals surface area contributed by atoms with Crippen LogP contribution in [0.25, 0.3) is 16.9 Å². The number of carbonyl (C=O) groups excluding carboxylic acids is 1. The van der Waals surface area contributed by atoms with E-state index < -0.39 is 5.54 Å². The number of hydrogen-bond donors (Lipinski definition) is 3. The second-order valence-electron chi connectivity index (χ2n) is 8.28. The van der Waals surface area contributed by atoms with Crippen molar-refractivity contribution < 1.29 is 19.4 Å². The van der Waals surface area contributed by atoms with Gasteiger partial charge in [0.15, 0.2) is 5.65 Å². The number of carbonyl (C=O) groups is 1. The minimum atomic E-state index is -0.734. The van der Waals surface area contributed by atoms with Crippen molar-refractivity contribution in [2.45, 2.75) is 19.4 Å². The van der Waals surface area contributed by atoms with Crippen LogP contribution < -0.4 is 20.1 Å². The number of ether oxygens (including phenoxy) is 2. The van der Waals surface area contributed by atoms with Crippen molar-refractivity contribution in [2.24, 2.45) is 0 Å². The summed E-state index contributed by atoms with van der Waals surface area (Å²) in [6.07, 6.45) is 3.32. The summed E-state index contributed by atoms with van der Waals surface area (Å²) in [5, 5.41) is 19.9. The van der Waals surface area contributed by atoms with E-state index in [9.17, 15) is 9.90 Å². The Bertz CT molecular complexity index is 1310. The third kappa shape index (κ3) is 4.91. The maximum atomic E-state index is 12.7. The number of aliphatic hydroxyl groups is 1. The minimum absolute atomic E-state index is 0.173. The van der Waals surface area contributed by atoms with Gasteiger partial charge in [-0.05, 0) is 26.0 Å². The predicted molar refractivity (Wildman–Crippen MR) is 128 cm³/mol. The minimum Gasteiger partial charge on any atom is -0.497 e. The van der Waals surface area contributed by atoms with Gasteiger partial charge in [0.25, 0.3) is 5.91 Å². The Morgan fingerprint density at radius 1 is 1.12 bits per heavy atom. The summed E-state index contributed by atoms with van der Waals surface area (Å²) in [7, 11) is 3.16. The fourth-order valence-electron chi connectivity index (χ4n) is 3.31. The van der Waals surface area contributed by atoms with Crippen LogP contribution >= 0.6 is 0 Å². The smallest absolute Gasteiger partial charge is 0.251 e. The molecule has 10 nitrogen and oxygen atoms in total. The van der Waals surface area contributed by atoms with E-state index >= 15 is 0 Å². The average molecular weight is 463 g/mol. The molecule has 0 bridgehead atoms. The number of fused-ring (bicyclic) bond motifs is 1. The van der Waals surface area contributed by atoms with Gasteiger partial charge in [-0.2, -0.15) is 4.98 Å². The van der Waals surface area contributed by atoms with Gasteiger partial charge in [-0.3, -0.25) is 9.78 Å². The van der Waals surface area contributed by atoms with Gasteiger partial charge in [0.2, 0.25) is 5.95 Å². The molecule has 0 spiro atoms. The standard InChI is InChI=1S/C24H26N6O4/c1-24(2,14-31)28-22(32)16-7-5-6-15(10-16)20-21-27-23(29-30(21)9-8-25-20)26-17-11-18(33-3)13-19(12-17)34-4/h5-13,31H,14H2,1-4H3,(H,26,29)(H,28,32). The molecule has 1 amide bonds. The molecule has 0 aliphatic rings. The normalized spacial score (nSPS) is 11.3. The molecule has 0 saturated heterocycles. The molecule has 0 aliphatic carbocycles. The fraction of sp³-hybridized carbons (Fsp3) is 0.250. The zero-order chi connectivity index (χ0) is 24.3. The highest BCUT2D eigenvalue weighted by Crippen LogP contribution is 2.28. The molecule has 0 aliphatic heterocycles. The van der Waals surface area contributed by atoms with Crippen molar-refractivity contribution >= 4 is 23.2 Å². The van der Waals surface area contributed by atoms with Crippen molar-refractivity contribution in [3.63, 3.8) is 0 Å². The Morgan fingerprint density at radius 2 is 1.85 bits per heavy atom. The van der Waals surface area contributed by atoms with Gasteiger partial charge in [-0.15, -0.1) is 5.10 Å². The number of benzene rings is 2. The number of aromatic nitrogens is 4. The summed E-state index contributed by atoms with van der Waals surface area (Å²) in [5.41, 5.74) is 2.22. The van der Waals surface area contributed by atoms with E-state index in [-0.39, 0.29) is 12.5 Å². The van der Waals surface area contributed by atoms with Crippen LogP contribution in [0.1, 0.15) is 24.2 Å². The maximum absolute atomic E-state index is 12.7. The first-order valence-electron chi connectivity index (χ1n) is 10.6. The number of anilines is 2. The monoisotopic (exact) mass is 462 g/mol. The van der Waals surface area contributed by atoms with E-state index in [1.807, 2.05) is 18.2 Å². The zero-order valence-electron chi connectivity index (χ0n) is 19.4. The van der Waals surface area contributed by atoms with Crippen LogP contribution in [0.2, 0.25) is 0 Å². The molecule has 4 rings (SSSR count). The molecule has 0 saturated carbocycles. The number of amides is 1. The molecule has 0 radical (unpaired) electrons. The van der Waals surface area contributed by atoms with Crippen LogP contribution in [0.4, 0.5) is 11.6 Å². The molecule has 0 fully saturated rings. The summed E-state index contributed by atoms with van der Waals surface area (Å²) < 4.78 is 12.2. The lowest BCUT2D eigenvalue weighted by molar-refractivity contribution is 0.0869. The van der Waals surface area contributed by atoms with Crippen molar-refractivity contribution in [3.8, 4) is 22.8 Å². The Labute approximate surface area is 196 Å². The third-order valence-electron chi connectivity index (χ3n) is 5.11. The topological polar surface area (TPSA) is 123 Å². The van der Waals surface area contributed by atoms with Crippen molar-refractivity contribution in [1.82, 2.24) is 24.9 Å². The number of nitrogens with zero attached hydrogens (tertiary/aromatic N) is 4. The van der Waals surface area contributed by atoms with Crippen molar-refractivity contribution in [3.05, 3.63) is 60.4 Å². The van der Waals surface area contributed by atoms with E-state index in [1.54, 1.807) is 69.2 Å². The summed E-state index contributed by atoms with van der Waals surface area (Å²) in [5.74, 6) is 1.34. The van der Waals surface area contributed by atoms with Crippen LogP contribution in [0.15, 0.2) is 54.9 Å². The SMILES string of the molecule is COc1cc(Nc2nc3c(-c4cccc(C(=O)NC(C)(C)CO)c4)nccn3n2)cc(OC)c1. The number of aliphatic hydroxyl groups excluding tert-OH is 1. The number of rotatable bonds is 8. The number of nitrogens with one attached hydrogen (secondary N) is 2. The Morgan fingerprint density at radius 3 is 2.53 bits per heavy atom. The predicted octanol–water partition coefficient (Wildman–Crippen LogP) is 3.05. The van der Waals surface area contributed by atoms with Crippen LogP contribution in [-0.2, 0) is 0 Å². The van der Waals surface area contributed by atoms with Crippen LogP contribution in [0.3, 0.4) is 0 Å². The fourth-order valence-corrected chi connectivity index (χ4v) is 3.31. The summed E-state index contributed by atoms with van der Waals surface area (Å²) in [4.78, 5) is 21.8. The molecule has 176 valence electrons. The van der Waals surface area contributed by atoms with Gasteiger partial charge in [0.05, 0.1) is 26.4 Å². The highest BCUT2D eigenvalue weighted by Gasteiger charge is 2.21. The maximum Gasteiger partial charge on any atom is 0.251 e. The highest BCUT2D eigenvalue weighted by atomic mass is 16.5. The summed E-state index contributed by atoms with van der Waals surface area (Å²) >= 11 is 0. The highest BCUT2D eigenvalue weighted by molar-refractivity contribution is 5.96. The number of hydrogen-bond acceptors (Lipinski definition) is 8. The van der Waals surface area contributed by atoms with E-state index in [4.69, 9.17) is 9.47 Å². The molecule has 2 aromatic carbocycles. The Hall–Kier alpha value is -4.18. The molecule has 0 atom stereocenters. The Balaban J connectivity index is 1.66. The molecule has 2 aromatic heterocycles. The molecule has 2 heterocycles. The average Bonchev–Trinajstić information content (AvgIpc) is 3.26. The van der Waals surface area contributed by atoms with Gasteiger partial charge in [-0.1, -0.05) is 12.1 Å².